The van der Waals surface area contributed by atoms with E-state index in [1.165, 1.54) is 276 Å². The summed E-state index contributed by atoms with van der Waals surface area (Å²) in [5.41, 5.74) is 0. The van der Waals surface area contributed by atoms with Crippen LogP contribution in [0.15, 0.2) is 109 Å². The van der Waals surface area contributed by atoms with Crippen LogP contribution < -0.4 is 4.89 Å². The number of unbranched alkanes of at least 4 members (excludes halogenated alkanes) is 47. The molecule has 0 spiro atoms. The van der Waals surface area contributed by atoms with E-state index in [1.54, 1.807) is 0 Å². The molecule has 0 saturated carbocycles. The van der Waals surface area contributed by atoms with Crippen molar-refractivity contribution in [2.45, 2.75) is 405 Å². The highest BCUT2D eigenvalue weighted by atomic mass is 31.2. The summed E-state index contributed by atoms with van der Waals surface area (Å²) in [5, 5.41) is 0. The van der Waals surface area contributed by atoms with Crippen LogP contribution in [0.1, 0.15) is 399 Å². The van der Waals surface area contributed by atoms with Crippen LogP contribution in [0.4, 0.5) is 0 Å². The molecule has 0 radical (unpaired) electrons. The Labute approximate surface area is 620 Å². The van der Waals surface area contributed by atoms with Crippen molar-refractivity contribution in [3.8, 4) is 0 Å². The predicted molar refractivity (Wildman–Crippen MR) is 434 cm³/mol. The third-order valence-corrected chi connectivity index (χ3v) is 19.7. The normalized spacial score (nSPS) is 13.5. The Morgan fingerprint density at radius 3 is 0.850 bits per heavy atom. The number of nitrogens with zero attached hydrogens (tertiary/aromatic N) is 1. The van der Waals surface area contributed by atoms with E-state index in [2.05, 4.69) is 123 Å². The monoisotopic (exact) mass is 1420 g/mol. The number of carbonyl (C=O) groups excluding carboxylic acids is 2. The number of hydrogen-bond acceptors (Lipinski definition) is 8. The lowest BCUT2D eigenvalue weighted by molar-refractivity contribution is -0.870. The number of carbonyl (C=O) groups is 2. The van der Waals surface area contributed by atoms with Gasteiger partial charge in [0.05, 0.1) is 27.7 Å². The Morgan fingerprint density at radius 1 is 0.320 bits per heavy atom. The zero-order chi connectivity index (χ0) is 72.5. The van der Waals surface area contributed by atoms with Gasteiger partial charge in [0, 0.05) is 12.8 Å². The molecule has 10 heteroatoms. The first-order valence-corrected chi connectivity index (χ1v) is 44.1. The van der Waals surface area contributed by atoms with Gasteiger partial charge in [0.15, 0.2) is 6.10 Å². The number of esters is 2. The van der Waals surface area contributed by atoms with Crippen LogP contribution >= 0.6 is 7.82 Å². The minimum atomic E-state index is -4.65. The van der Waals surface area contributed by atoms with Crippen molar-refractivity contribution in [3.05, 3.63) is 109 Å². The topological polar surface area (TPSA) is 111 Å². The lowest BCUT2D eigenvalue weighted by atomic mass is 10.0. The van der Waals surface area contributed by atoms with Crippen LogP contribution in [0.3, 0.4) is 0 Å². The third-order valence-electron chi connectivity index (χ3n) is 18.8. The number of allylic oxidation sites excluding steroid dienone is 18. The highest BCUT2D eigenvalue weighted by molar-refractivity contribution is 7.45. The second kappa shape index (κ2) is 79.8. The van der Waals surface area contributed by atoms with Crippen molar-refractivity contribution in [1.29, 1.82) is 0 Å². The van der Waals surface area contributed by atoms with Gasteiger partial charge in [-0.3, -0.25) is 14.2 Å². The molecule has 100 heavy (non-hydrogen) atoms. The molecule has 0 aliphatic rings. The van der Waals surface area contributed by atoms with Crippen molar-refractivity contribution in [2.75, 3.05) is 47.5 Å². The zero-order valence-electron chi connectivity index (χ0n) is 66.4. The number of phosphoric ester groups is 1. The average molecular weight is 1420 g/mol. The van der Waals surface area contributed by atoms with Gasteiger partial charge >= 0.3 is 11.9 Å². The van der Waals surface area contributed by atoms with E-state index in [0.29, 0.717) is 17.4 Å². The molecule has 0 aliphatic carbocycles. The summed E-state index contributed by atoms with van der Waals surface area (Å²) in [5.74, 6) is -0.815. The SMILES string of the molecule is CC/C=C\C/C=C\C/C=C\C/C=C\C/C=C\C/C=C\C/C=C\CCCCCCCCCCCCCCCCCCCCCC(=O)OC(COC(=O)CCCCCCCCCCCCCCCCCCCCCCCCC/C=C\C/C=C\CCCCCCC)COP(=O)([O-])OCC[N+](C)(C)C. The number of quaternary nitrogens is 1. The van der Waals surface area contributed by atoms with Gasteiger partial charge in [-0.2, -0.15) is 0 Å². The molecule has 0 bridgehead atoms. The summed E-state index contributed by atoms with van der Waals surface area (Å²) in [6, 6.07) is 0. The number of hydrogen-bond donors (Lipinski definition) is 0. The van der Waals surface area contributed by atoms with Crippen LogP contribution in [-0.4, -0.2) is 70.0 Å². The average Bonchev–Trinajstić information content (AvgIpc) is 1.30. The van der Waals surface area contributed by atoms with Crippen molar-refractivity contribution < 1.29 is 42.1 Å². The van der Waals surface area contributed by atoms with Gasteiger partial charge in [0.25, 0.3) is 7.82 Å². The van der Waals surface area contributed by atoms with Gasteiger partial charge in [-0.1, -0.05) is 393 Å². The minimum absolute atomic E-state index is 0.0308. The van der Waals surface area contributed by atoms with Gasteiger partial charge in [-0.25, -0.2) is 0 Å². The fourth-order valence-corrected chi connectivity index (χ4v) is 13.0. The Bertz CT molecular complexity index is 2060. The highest BCUT2D eigenvalue weighted by Crippen LogP contribution is 2.38. The van der Waals surface area contributed by atoms with Gasteiger partial charge in [-0.15, -0.1) is 0 Å². The fourth-order valence-electron chi connectivity index (χ4n) is 12.3. The first-order valence-electron chi connectivity index (χ1n) is 42.6. The smallest absolute Gasteiger partial charge is 0.306 e. The van der Waals surface area contributed by atoms with Crippen LogP contribution in [0.5, 0.6) is 0 Å². The second-order valence-corrected chi connectivity index (χ2v) is 31.2. The Kier molecular flexibility index (Phi) is 77.1. The largest absolute Gasteiger partial charge is 0.756 e. The molecule has 0 aromatic carbocycles. The molecule has 0 amide bonds. The molecule has 2 atom stereocenters. The molecule has 0 fully saturated rings. The summed E-state index contributed by atoms with van der Waals surface area (Å²) >= 11 is 0. The first-order chi connectivity index (χ1) is 49.0. The van der Waals surface area contributed by atoms with E-state index in [9.17, 15) is 19.0 Å². The zero-order valence-corrected chi connectivity index (χ0v) is 67.3. The van der Waals surface area contributed by atoms with E-state index in [4.69, 9.17) is 18.5 Å². The predicted octanol–water partition coefficient (Wildman–Crippen LogP) is 28.1. The lowest BCUT2D eigenvalue weighted by Crippen LogP contribution is -2.37. The van der Waals surface area contributed by atoms with E-state index in [0.717, 1.165) is 89.9 Å². The summed E-state index contributed by atoms with van der Waals surface area (Å²) in [6.45, 7) is 4.17. The van der Waals surface area contributed by atoms with E-state index in [-0.39, 0.29) is 32.0 Å². The van der Waals surface area contributed by atoms with Gasteiger partial charge in [0.2, 0.25) is 0 Å². The Balaban J connectivity index is 3.91. The van der Waals surface area contributed by atoms with Crippen molar-refractivity contribution >= 4 is 19.8 Å². The molecule has 0 aromatic rings. The van der Waals surface area contributed by atoms with Gasteiger partial charge in [-0.05, 0) is 103 Å². The molecule has 0 N–H and O–H groups in total. The second-order valence-electron chi connectivity index (χ2n) is 29.8. The standard InChI is InChI=1S/C90H162NO8P/c1-6-8-10-12-14-16-18-20-22-24-26-28-30-32-34-36-38-40-42-43-44-45-46-47-49-51-53-55-57-59-61-63-65-67-69-71-73-75-77-79-81-83-90(93)99-88(87-98-100(94,95)97-85-84-91(3,4)5)86-96-89(92)82-80-78-76-74-72-70-68-66-64-62-60-58-56-54-52-50-48-41-39-37-35-33-31-29-27-25-23-21-19-17-15-13-11-9-7-2/h8,10,14,16,19-22,25-28,32,34,38,40,43-44,88H,6-7,9,11-13,15,17-18,23-24,29-31,33,35-37,39,41-42,45-87H2,1-5H3/b10-8-,16-14-,21-19-,22-20-,27-25-,28-26-,34-32-,40-38-,44-43-. The molecular formula is C90H162NO8P. The maximum atomic E-state index is 12.9. The van der Waals surface area contributed by atoms with Crippen LogP contribution in [-0.2, 0) is 32.7 Å². The molecule has 9 nitrogen and oxygen atoms in total. The third kappa shape index (κ3) is 83.6. The fraction of sp³-hybridized carbons (Fsp3) is 0.778. The van der Waals surface area contributed by atoms with Crippen LogP contribution in [0.2, 0.25) is 0 Å². The maximum absolute atomic E-state index is 12.9. The summed E-state index contributed by atoms with van der Waals surface area (Å²) in [7, 11) is 1.18. The maximum Gasteiger partial charge on any atom is 0.306 e. The summed E-state index contributed by atoms with van der Waals surface area (Å²) < 4.78 is 34.5. The molecule has 0 rings (SSSR count). The molecule has 0 heterocycles. The molecule has 580 valence electrons. The van der Waals surface area contributed by atoms with Gasteiger partial charge < -0.3 is 27.9 Å². The van der Waals surface area contributed by atoms with Crippen molar-refractivity contribution in [1.82, 2.24) is 0 Å². The quantitative estimate of drug-likeness (QED) is 0.0195. The Morgan fingerprint density at radius 2 is 0.570 bits per heavy atom. The molecule has 0 aliphatic heterocycles. The summed E-state index contributed by atoms with van der Waals surface area (Å²) in [6.07, 6.45) is 114. The number of phosphoric acid groups is 1. The van der Waals surface area contributed by atoms with Crippen molar-refractivity contribution in [2.24, 2.45) is 0 Å². The highest BCUT2D eigenvalue weighted by Gasteiger charge is 2.22. The Hall–Kier alpha value is -3.33. The van der Waals surface area contributed by atoms with Crippen LogP contribution in [0.25, 0.3) is 0 Å². The summed E-state index contributed by atoms with van der Waals surface area (Å²) in [4.78, 5) is 38.2. The number of rotatable bonds is 79. The molecule has 0 aromatic heterocycles. The van der Waals surface area contributed by atoms with Gasteiger partial charge in [0.1, 0.15) is 19.8 Å². The van der Waals surface area contributed by atoms with Crippen molar-refractivity contribution in [3.63, 3.8) is 0 Å². The van der Waals surface area contributed by atoms with E-state index >= 15 is 0 Å². The molecule has 0 saturated heterocycles. The molecular weight excluding hydrogens is 1250 g/mol. The van der Waals surface area contributed by atoms with Crippen LogP contribution in [0, 0.1) is 0 Å². The molecule has 2 unspecified atom stereocenters. The lowest BCUT2D eigenvalue weighted by Gasteiger charge is -2.28. The minimum Gasteiger partial charge on any atom is -0.756 e. The van der Waals surface area contributed by atoms with E-state index < -0.39 is 26.5 Å². The van der Waals surface area contributed by atoms with E-state index in [1.807, 2.05) is 21.1 Å². The number of ether oxygens (including phenoxy) is 2. The number of likely N-dealkylation sites (N-methyl/N-ethyl adjacent to an activating group) is 1. The first kappa shape index (κ1) is 96.7.